The molecule has 7 nitrogen and oxygen atoms in total. The van der Waals surface area contributed by atoms with E-state index in [0.29, 0.717) is 80.6 Å². The third kappa shape index (κ3) is 7.06. The number of amides is 1. The van der Waals surface area contributed by atoms with Crippen LogP contribution in [0.2, 0.25) is 0 Å². The monoisotopic (exact) mass is 548 g/mol. The van der Waals surface area contributed by atoms with Gasteiger partial charge in [-0.2, -0.15) is 13.2 Å². The minimum atomic E-state index is -4.41. The molecular formula is C28H32F4N4O3. The smallest absolute Gasteiger partial charge is 0.422 e. The van der Waals surface area contributed by atoms with Crippen LogP contribution in [0.25, 0.3) is 11.1 Å². The molecule has 2 aromatic heterocycles. The highest BCUT2D eigenvalue weighted by Crippen LogP contribution is 2.35. The van der Waals surface area contributed by atoms with Crippen molar-refractivity contribution in [2.45, 2.75) is 69.8 Å². The summed E-state index contributed by atoms with van der Waals surface area (Å²) in [6.45, 7) is 2.38. The summed E-state index contributed by atoms with van der Waals surface area (Å²) in [7, 11) is 0. The predicted molar refractivity (Wildman–Crippen MR) is 137 cm³/mol. The highest BCUT2D eigenvalue weighted by molar-refractivity contribution is 5.97. The van der Waals surface area contributed by atoms with E-state index in [0.717, 1.165) is 17.8 Å². The number of pyridine rings is 1. The van der Waals surface area contributed by atoms with Gasteiger partial charge < -0.3 is 19.4 Å². The minimum absolute atomic E-state index is 0.0279. The lowest BCUT2D eigenvalue weighted by atomic mass is 9.81. The molecule has 1 aliphatic carbocycles. The van der Waals surface area contributed by atoms with Crippen LogP contribution in [-0.4, -0.2) is 64.9 Å². The van der Waals surface area contributed by atoms with Gasteiger partial charge in [0.1, 0.15) is 11.2 Å². The van der Waals surface area contributed by atoms with E-state index >= 15 is 4.39 Å². The highest BCUT2D eigenvalue weighted by Gasteiger charge is 2.36. The third-order valence-electron chi connectivity index (χ3n) is 7.64. The molecule has 1 N–H and O–H groups in total. The summed E-state index contributed by atoms with van der Waals surface area (Å²) >= 11 is 0. The zero-order valence-electron chi connectivity index (χ0n) is 21.8. The Morgan fingerprint density at radius 1 is 1.15 bits per heavy atom. The Hall–Kier alpha value is -3.21. The number of benzene rings is 1. The molecule has 5 rings (SSSR count). The summed E-state index contributed by atoms with van der Waals surface area (Å²) in [4.78, 5) is 23.5. The summed E-state index contributed by atoms with van der Waals surface area (Å²) < 4.78 is 63.2. The minimum Gasteiger partial charge on any atom is -0.468 e. The fraction of sp³-hybridized carbons (Fsp3) is 0.536. The first-order chi connectivity index (χ1) is 18.6. The van der Waals surface area contributed by atoms with Gasteiger partial charge in [0.15, 0.2) is 18.1 Å². The quantitative estimate of drug-likeness (QED) is 0.402. The van der Waals surface area contributed by atoms with Crippen molar-refractivity contribution >= 4 is 17.0 Å². The van der Waals surface area contributed by atoms with Crippen molar-refractivity contribution in [2.24, 2.45) is 0 Å². The maximum atomic E-state index is 15.7. The molecule has 2 aliphatic rings. The molecule has 1 aromatic carbocycles. The number of aryl methyl sites for hydroxylation is 1. The number of carbonyl (C=O) groups excluding carboxylic acids is 1. The number of halogens is 4. The van der Waals surface area contributed by atoms with E-state index in [2.05, 4.69) is 20.2 Å². The van der Waals surface area contributed by atoms with Gasteiger partial charge in [-0.1, -0.05) is 6.07 Å². The first-order valence-corrected chi connectivity index (χ1v) is 13.3. The maximum Gasteiger partial charge on any atom is 0.422 e. The second kappa shape index (κ2) is 11.1. The van der Waals surface area contributed by atoms with Gasteiger partial charge in [0.2, 0.25) is 5.88 Å². The van der Waals surface area contributed by atoms with Crippen LogP contribution in [0.5, 0.6) is 5.88 Å². The lowest BCUT2D eigenvalue weighted by Gasteiger charge is -2.35. The van der Waals surface area contributed by atoms with E-state index < -0.39 is 18.5 Å². The number of alkyl halides is 4. The molecule has 39 heavy (non-hydrogen) atoms. The Balaban J connectivity index is 1.07. The van der Waals surface area contributed by atoms with Crippen LogP contribution in [0.4, 0.5) is 17.6 Å². The van der Waals surface area contributed by atoms with Gasteiger partial charge in [0.25, 0.3) is 5.91 Å². The average Bonchev–Trinajstić information content (AvgIpc) is 3.15. The molecule has 0 bridgehead atoms. The normalized spacial score (nSPS) is 22.3. The molecule has 0 radical (unpaired) electrons. The van der Waals surface area contributed by atoms with E-state index in [1.54, 1.807) is 31.2 Å². The molecule has 0 unspecified atom stereocenters. The Kier molecular flexibility index (Phi) is 7.80. The molecule has 1 fully saturated rings. The molecule has 0 saturated heterocycles. The van der Waals surface area contributed by atoms with Crippen molar-refractivity contribution in [3.63, 3.8) is 0 Å². The fourth-order valence-corrected chi connectivity index (χ4v) is 5.41. The summed E-state index contributed by atoms with van der Waals surface area (Å²) in [5.74, 6) is 0.317. The first kappa shape index (κ1) is 27.4. The number of nitrogens with zero attached hydrogens (tertiary/aromatic N) is 3. The van der Waals surface area contributed by atoms with Crippen molar-refractivity contribution in [1.82, 2.24) is 20.2 Å². The zero-order chi connectivity index (χ0) is 27.6. The highest BCUT2D eigenvalue weighted by atomic mass is 19.4. The van der Waals surface area contributed by atoms with Crippen LogP contribution in [0.3, 0.4) is 0 Å². The molecule has 0 spiro atoms. The van der Waals surface area contributed by atoms with Crippen molar-refractivity contribution in [3.8, 4) is 5.88 Å². The van der Waals surface area contributed by atoms with Gasteiger partial charge in [-0.15, -0.1) is 0 Å². The summed E-state index contributed by atoms with van der Waals surface area (Å²) in [5.41, 5.74) is 2.21. The van der Waals surface area contributed by atoms with Crippen molar-refractivity contribution in [3.05, 3.63) is 53.0 Å². The Morgan fingerprint density at radius 3 is 2.69 bits per heavy atom. The van der Waals surface area contributed by atoms with E-state index in [1.807, 2.05) is 0 Å². The number of hydrogen-bond donors (Lipinski definition) is 1. The zero-order valence-corrected chi connectivity index (χ0v) is 21.8. The lowest BCUT2D eigenvalue weighted by Crippen LogP contribution is -2.43. The number of aromatic nitrogens is 2. The number of rotatable bonds is 7. The summed E-state index contributed by atoms with van der Waals surface area (Å²) in [6.07, 6.45) is -0.817. The van der Waals surface area contributed by atoms with E-state index in [-0.39, 0.29) is 17.8 Å². The molecule has 1 amide bonds. The number of carbonyl (C=O) groups is 1. The fourth-order valence-electron chi connectivity index (χ4n) is 5.41. The standard InChI is InChI=1S/C28H32F4N4O3/c1-18-33-23-16-20(2-4-24(23)39-18)26(37)34-21-6-10-27(29,11-7-21)12-15-36-13-8-19-3-5-25(35-22(19)9-14-36)38-17-28(30,31)32/h2-5,16,21H,6-15,17H2,1H3,(H,34,37)/t21-,27+. The predicted octanol–water partition coefficient (Wildman–Crippen LogP) is 5.34. The van der Waals surface area contributed by atoms with E-state index in [9.17, 15) is 18.0 Å². The van der Waals surface area contributed by atoms with Crippen LogP contribution < -0.4 is 10.1 Å². The first-order valence-electron chi connectivity index (χ1n) is 13.3. The molecule has 210 valence electrons. The lowest BCUT2D eigenvalue weighted by molar-refractivity contribution is -0.154. The van der Waals surface area contributed by atoms with Crippen LogP contribution in [0, 0.1) is 6.92 Å². The second-order valence-electron chi connectivity index (χ2n) is 10.6. The number of nitrogens with one attached hydrogen (secondary N) is 1. The Morgan fingerprint density at radius 2 is 1.92 bits per heavy atom. The number of oxazole rings is 1. The van der Waals surface area contributed by atoms with Crippen LogP contribution in [0.1, 0.15) is 59.6 Å². The number of fused-ring (bicyclic) bond motifs is 2. The van der Waals surface area contributed by atoms with Gasteiger partial charge in [0.05, 0.1) is 0 Å². The molecule has 1 saturated carbocycles. The van der Waals surface area contributed by atoms with Crippen LogP contribution in [0.15, 0.2) is 34.7 Å². The van der Waals surface area contributed by atoms with Crippen molar-refractivity contribution < 1.29 is 31.5 Å². The largest absolute Gasteiger partial charge is 0.468 e. The van der Waals surface area contributed by atoms with Gasteiger partial charge in [-0.3, -0.25) is 4.79 Å². The Labute approximate surface area is 223 Å². The van der Waals surface area contributed by atoms with E-state index in [4.69, 9.17) is 9.15 Å². The molecule has 3 aromatic rings. The van der Waals surface area contributed by atoms with Gasteiger partial charge in [0, 0.05) is 56.3 Å². The number of hydrogen-bond acceptors (Lipinski definition) is 6. The average molecular weight is 549 g/mol. The third-order valence-corrected chi connectivity index (χ3v) is 7.64. The van der Waals surface area contributed by atoms with E-state index in [1.165, 1.54) is 6.07 Å². The van der Waals surface area contributed by atoms with Crippen molar-refractivity contribution in [1.29, 1.82) is 0 Å². The molecule has 3 heterocycles. The molecule has 0 atom stereocenters. The molecule has 1 aliphatic heterocycles. The maximum absolute atomic E-state index is 15.7. The SMILES string of the molecule is Cc1nc2cc(C(=O)N[C@H]3CC[C@](F)(CCN4CCc5ccc(OCC(F)(F)F)nc5CC4)CC3)ccc2o1. The summed E-state index contributed by atoms with van der Waals surface area (Å²) in [6, 6.07) is 8.31. The van der Waals surface area contributed by atoms with Crippen LogP contribution >= 0.6 is 0 Å². The van der Waals surface area contributed by atoms with Crippen molar-refractivity contribution in [2.75, 3.05) is 26.2 Å². The van der Waals surface area contributed by atoms with Gasteiger partial charge in [-0.25, -0.2) is 14.4 Å². The topological polar surface area (TPSA) is 80.5 Å². The second-order valence-corrected chi connectivity index (χ2v) is 10.6. The van der Waals surface area contributed by atoms with Crippen LogP contribution in [-0.2, 0) is 12.8 Å². The Bertz CT molecular complexity index is 1320. The van der Waals surface area contributed by atoms with Gasteiger partial charge in [-0.05, 0) is 62.3 Å². The number of ether oxygens (including phenoxy) is 1. The molecule has 11 heteroatoms. The van der Waals surface area contributed by atoms with Gasteiger partial charge >= 0.3 is 6.18 Å². The summed E-state index contributed by atoms with van der Waals surface area (Å²) in [5, 5.41) is 3.04. The molecular weight excluding hydrogens is 516 g/mol.